The van der Waals surface area contributed by atoms with Crippen LogP contribution in [0, 0.1) is 11.6 Å². The van der Waals surface area contributed by atoms with E-state index >= 15 is 0 Å². The van der Waals surface area contributed by atoms with Gasteiger partial charge in [-0.15, -0.1) is 0 Å². The van der Waals surface area contributed by atoms with Gasteiger partial charge < -0.3 is 5.32 Å². The molecular weight excluding hydrogens is 208 g/mol. The summed E-state index contributed by atoms with van der Waals surface area (Å²) in [5.41, 5.74) is 0.422. The summed E-state index contributed by atoms with van der Waals surface area (Å²) in [5, 5.41) is 3.30. The molecule has 1 aliphatic carbocycles. The van der Waals surface area contributed by atoms with E-state index in [1.165, 1.54) is 19.3 Å². The van der Waals surface area contributed by atoms with Gasteiger partial charge in [0.15, 0.2) is 11.6 Å². The van der Waals surface area contributed by atoms with Crippen LogP contribution in [0.1, 0.15) is 37.7 Å². The highest BCUT2D eigenvalue weighted by atomic mass is 19.2. The van der Waals surface area contributed by atoms with E-state index in [2.05, 4.69) is 5.32 Å². The average Bonchev–Trinajstić information content (AvgIpc) is 2.32. The lowest BCUT2D eigenvalue weighted by Gasteiger charge is -2.22. The number of halogens is 2. The number of hydrogen-bond donors (Lipinski definition) is 1. The molecule has 1 aliphatic rings. The van der Waals surface area contributed by atoms with Crippen LogP contribution < -0.4 is 5.32 Å². The summed E-state index contributed by atoms with van der Waals surface area (Å²) in [4.78, 5) is 0. The second kappa shape index (κ2) is 5.39. The molecule has 88 valence electrons. The summed E-state index contributed by atoms with van der Waals surface area (Å²) < 4.78 is 26.3. The lowest BCUT2D eigenvalue weighted by molar-refractivity contribution is 0.368. The van der Waals surface area contributed by atoms with E-state index in [0.717, 1.165) is 18.9 Å². The normalized spacial score (nSPS) is 17.6. The van der Waals surface area contributed by atoms with E-state index < -0.39 is 11.6 Å². The van der Waals surface area contributed by atoms with Crippen LogP contribution in [0.15, 0.2) is 18.2 Å². The van der Waals surface area contributed by atoms with E-state index in [0.29, 0.717) is 18.2 Å². The van der Waals surface area contributed by atoms with Crippen LogP contribution in [0.25, 0.3) is 0 Å². The predicted octanol–water partition coefficient (Wildman–Crippen LogP) is 3.39. The highest BCUT2D eigenvalue weighted by Crippen LogP contribution is 2.18. The van der Waals surface area contributed by atoms with Crippen LogP contribution in [0.3, 0.4) is 0 Å². The Morgan fingerprint density at radius 3 is 2.62 bits per heavy atom. The van der Waals surface area contributed by atoms with Crippen molar-refractivity contribution in [1.29, 1.82) is 0 Å². The van der Waals surface area contributed by atoms with Gasteiger partial charge in [0.2, 0.25) is 0 Å². The monoisotopic (exact) mass is 225 g/mol. The van der Waals surface area contributed by atoms with Crippen LogP contribution in [-0.2, 0) is 6.54 Å². The molecule has 1 aromatic carbocycles. The van der Waals surface area contributed by atoms with Crippen LogP contribution in [0.4, 0.5) is 8.78 Å². The fourth-order valence-corrected chi connectivity index (χ4v) is 2.25. The first-order valence-electron chi connectivity index (χ1n) is 5.93. The minimum absolute atomic E-state index is 0.422. The minimum Gasteiger partial charge on any atom is -0.310 e. The maximum atomic E-state index is 13.3. The fourth-order valence-electron chi connectivity index (χ4n) is 2.25. The Hall–Kier alpha value is -0.960. The molecule has 0 radical (unpaired) electrons. The molecule has 3 heteroatoms. The van der Waals surface area contributed by atoms with E-state index in [-0.39, 0.29) is 0 Å². The summed E-state index contributed by atoms with van der Waals surface area (Å²) in [6.45, 7) is 0.425. The third-order valence-corrected chi connectivity index (χ3v) is 3.22. The number of rotatable bonds is 3. The first kappa shape index (κ1) is 11.5. The van der Waals surface area contributed by atoms with Gasteiger partial charge in [0.1, 0.15) is 0 Å². The van der Waals surface area contributed by atoms with Gasteiger partial charge >= 0.3 is 0 Å². The number of nitrogens with one attached hydrogen (secondary N) is 1. The summed E-state index contributed by atoms with van der Waals surface area (Å²) >= 11 is 0. The molecule has 0 aliphatic heterocycles. The third-order valence-electron chi connectivity index (χ3n) is 3.22. The van der Waals surface area contributed by atoms with Gasteiger partial charge in [0.25, 0.3) is 0 Å². The Labute approximate surface area is 94.9 Å². The second-order valence-corrected chi connectivity index (χ2v) is 4.43. The van der Waals surface area contributed by atoms with Gasteiger partial charge in [-0.2, -0.15) is 0 Å². The lowest BCUT2D eigenvalue weighted by Crippen LogP contribution is -2.30. The number of benzene rings is 1. The van der Waals surface area contributed by atoms with Crippen LogP contribution in [-0.4, -0.2) is 6.04 Å². The maximum absolute atomic E-state index is 13.3. The molecule has 0 spiro atoms. The summed E-state index contributed by atoms with van der Waals surface area (Å²) in [7, 11) is 0. The number of hydrogen-bond acceptors (Lipinski definition) is 1. The average molecular weight is 225 g/mol. The largest absolute Gasteiger partial charge is 0.310 e. The summed E-state index contributed by atoms with van der Waals surface area (Å²) in [6, 6.07) is 4.81. The van der Waals surface area contributed by atoms with Gasteiger partial charge in [0, 0.05) is 18.2 Å². The SMILES string of the molecule is Fc1cccc(CNC2CCCCC2)c1F. The molecule has 0 bridgehead atoms. The molecule has 1 N–H and O–H groups in total. The molecule has 2 rings (SSSR count). The summed E-state index contributed by atoms with van der Waals surface area (Å²) in [5.74, 6) is -1.48. The fraction of sp³-hybridized carbons (Fsp3) is 0.538. The molecule has 0 amide bonds. The molecule has 1 nitrogen and oxygen atoms in total. The van der Waals surface area contributed by atoms with Gasteiger partial charge in [0.05, 0.1) is 0 Å². The molecule has 16 heavy (non-hydrogen) atoms. The summed E-state index contributed by atoms with van der Waals surface area (Å²) in [6.07, 6.45) is 6.08. The molecular formula is C13H17F2N. The van der Waals surface area contributed by atoms with Crippen LogP contribution in [0.2, 0.25) is 0 Å². The highest BCUT2D eigenvalue weighted by Gasteiger charge is 2.14. The van der Waals surface area contributed by atoms with E-state index in [1.54, 1.807) is 12.1 Å². The Balaban J connectivity index is 1.91. The molecule has 1 aromatic rings. The molecule has 0 unspecified atom stereocenters. The third kappa shape index (κ3) is 2.79. The predicted molar refractivity (Wildman–Crippen MR) is 60.1 cm³/mol. The Bertz CT molecular complexity index is 346. The molecule has 0 atom stereocenters. The molecule has 0 saturated heterocycles. The zero-order chi connectivity index (χ0) is 11.4. The zero-order valence-electron chi connectivity index (χ0n) is 9.31. The molecule has 0 aromatic heterocycles. The molecule has 0 heterocycles. The van der Waals surface area contributed by atoms with Crippen molar-refractivity contribution in [2.24, 2.45) is 0 Å². The van der Waals surface area contributed by atoms with Crippen molar-refractivity contribution in [1.82, 2.24) is 5.32 Å². The molecule has 1 fully saturated rings. The van der Waals surface area contributed by atoms with E-state index in [9.17, 15) is 8.78 Å². The lowest BCUT2D eigenvalue weighted by atomic mass is 9.95. The van der Waals surface area contributed by atoms with Crippen molar-refractivity contribution in [2.45, 2.75) is 44.7 Å². The van der Waals surface area contributed by atoms with Crippen molar-refractivity contribution in [3.05, 3.63) is 35.4 Å². The highest BCUT2D eigenvalue weighted by molar-refractivity contribution is 5.18. The Kier molecular flexibility index (Phi) is 3.88. The standard InChI is InChI=1S/C13H17F2N/c14-12-8-4-5-10(13(12)15)9-16-11-6-2-1-3-7-11/h4-5,8,11,16H,1-3,6-7,9H2. The van der Waals surface area contributed by atoms with E-state index in [1.807, 2.05) is 0 Å². The van der Waals surface area contributed by atoms with Crippen LogP contribution in [0.5, 0.6) is 0 Å². The Morgan fingerprint density at radius 2 is 1.88 bits per heavy atom. The van der Waals surface area contributed by atoms with Crippen molar-refractivity contribution in [3.63, 3.8) is 0 Å². The van der Waals surface area contributed by atoms with Crippen LogP contribution >= 0.6 is 0 Å². The maximum Gasteiger partial charge on any atom is 0.163 e. The van der Waals surface area contributed by atoms with Gasteiger partial charge in [-0.3, -0.25) is 0 Å². The van der Waals surface area contributed by atoms with Crippen molar-refractivity contribution >= 4 is 0 Å². The quantitative estimate of drug-likeness (QED) is 0.831. The zero-order valence-corrected chi connectivity index (χ0v) is 9.31. The topological polar surface area (TPSA) is 12.0 Å². The van der Waals surface area contributed by atoms with Gasteiger partial charge in [-0.1, -0.05) is 31.4 Å². The first-order chi connectivity index (χ1) is 7.77. The Morgan fingerprint density at radius 1 is 1.12 bits per heavy atom. The van der Waals surface area contributed by atoms with E-state index in [4.69, 9.17) is 0 Å². The molecule has 1 saturated carbocycles. The van der Waals surface area contributed by atoms with Gasteiger partial charge in [-0.25, -0.2) is 8.78 Å². The first-order valence-corrected chi connectivity index (χ1v) is 5.93. The van der Waals surface area contributed by atoms with Crippen molar-refractivity contribution in [2.75, 3.05) is 0 Å². The second-order valence-electron chi connectivity index (χ2n) is 4.43. The van der Waals surface area contributed by atoms with Crippen molar-refractivity contribution < 1.29 is 8.78 Å². The minimum atomic E-state index is -0.761. The van der Waals surface area contributed by atoms with Crippen molar-refractivity contribution in [3.8, 4) is 0 Å². The van der Waals surface area contributed by atoms with Gasteiger partial charge in [-0.05, 0) is 18.9 Å². The smallest absolute Gasteiger partial charge is 0.163 e.